The van der Waals surface area contributed by atoms with Crippen molar-refractivity contribution < 1.29 is 9.59 Å². The molecule has 1 aromatic heterocycles. The Balaban J connectivity index is 2.31. The molecule has 6 heteroatoms. The van der Waals surface area contributed by atoms with Crippen molar-refractivity contribution in [2.24, 2.45) is 11.5 Å². The van der Waals surface area contributed by atoms with Gasteiger partial charge >= 0.3 is 0 Å². The number of thiophene rings is 1. The van der Waals surface area contributed by atoms with Gasteiger partial charge in [-0.1, -0.05) is 12.8 Å². The summed E-state index contributed by atoms with van der Waals surface area (Å²) < 4.78 is 0. The van der Waals surface area contributed by atoms with Crippen LogP contribution in [0.5, 0.6) is 0 Å². The van der Waals surface area contributed by atoms with Gasteiger partial charge in [0.2, 0.25) is 5.91 Å². The Labute approximate surface area is 111 Å². The van der Waals surface area contributed by atoms with Crippen molar-refractivity contribution in [3.63, 3.8) is 0 Å². The molecule has 0 fully saturated rings. The first kappa shape index (κ1) is 14.7. The highest BCUT2D eigenvalue weighted by atomic mass is 32.1. The standard InChI is InChI=1S/C12H19N3O2S/c13-7-4-2-1-3-5-10(16)15-12-9(11(14)17)6-8-18-12/h6,8H,1-5,7,13H2,(H2,14,17)(H,15,16). The number of carbonyl (C=O) groups excluding carboxylic acids is 2. The van der Waals surface area contributed by atoms with E-state index < -0.39 is 5.91 Å². The normalized spacial score (nSPS) is 10.3. The number of nitrogens with two attached hydrogens (primary N) is 2. The van der Waals surface area contributed by atoms with Gasteiger partial charge in [0, 0.05) is 6.42 Å². The van der Waals surface area contributed by atoms with E-state index in [2.05, 4.69) is 5.32 Å². The summed E-state index contributed by atoms with van der Waals surface area (Å²) in [4.78, 5) is 22.7. The van der Waals surface area contributed by atoms with Crippen LogP contribution in [0.15, 0.2) is 11.4 Å². The third-order valence-electron chi connectivity index (χ3n) is 2.54. The van der Waals surface area contributed by atoms with Crippen LogP contribution in [0.25, 0.3) is 0 Å². The summed E-state index contributed by atoms with van der Waals surface area (Å²) >= 11 is 1.30. The molecule has 2 amide bonds. The SMILES string of the molecule is NCCCCCCC(=O)Nc1sccc1C(N)=O. The Kier molecular flexibility index (Phi) is 6.38. The molecule has 1 aromatic rings. The topological polar surface area (TPSA) is 98.2 Å². The molecule has 0 spiro atoms. The Hall–Kier alpha value is -1.40. The summed E-state index contributed by atoms with van der Waals surface area (Å²) in [5.41, 5.74) is 11.0. The molecule has 0 atom stereocenters. The van der Waals surface area contributed by atoms with E-state index in [-0.39, 0.29) is 5.91 Å². The maximum Gasteiger partial charge on any atom is 0.251 e. The first-order chi connectivity index (χ1) is 8.65. The summed E-state index contributed by atoms with van der Waals surface area (Å²) in [6.45, 7) is 0.698. The van der Waals surface area contributed by atoms with Gasteiger partial charge in [-0.25, -0.2) is 0 Å². The molecular weight excluding hydrogens is 250 g/mol. The van der Waals surface area contributed by atoms with Crippen molar-refractivity contribution in [2.75, 3.05) is 11.9 Å². The van der Waals surface area contributed by atoms with Crippen LogP contribution in [-0.4, -0.2) is 18.4 Å². The largest absolute Gasteiger partial charge is 0.366 e. The number of hydrogen-bond acceptors (Lipinski definition) is 4. The molecule has 0 aliphatic carbocycles. The second-order valence-electron chi connectivity index (χ2n) is 4.03. The van der Waals surface area contributed by atoms with Gasteiger partial charge in [-0.2, -0.15) is 0 Å². The number of hydrogen-bond donors (Lipinski definition) is 3. The van der Waals surface area contributed by atoms with Crippen LogP contribution < -0.4 is 16.8 Å². The Bertz CT molecular complexity index is 404. The highest BCUT2D eigenvalue weighted by Crippen LogP contribution is 2.22. The predicted molar refractivity (Wildman–Crippen MR) is 73.6 cm³/mol. The molecule has 0 unspecified atom stereocenters. The molecule has 5 nitrogen and oxygen atoms in total. The highest BCUT2D eigenvalue weighted by molar-refractivity contribution is 7.14. The fourth-order valence-electron chi connectivity index (χ4n) is 1.57. The molecule has 1 heterocycles. The van der Waals surface area contributed by atoms with E-state index in [4.69, 9.17) is 11.5 Å². The lowest BCUT2D eigenvalue weighted by atomic mass is 10.1. The molecule has 0 aliphatic heterocycles. The molecule has 0 radical (unpaired) electrons. The van der Waals surface area contributed by atoms with Gasteiger partial charge in [-0.15, -0.1) is 11.3 Å². The Morgan fingerprint density at radius 2 is 1.94 bits per heavy atom. The average Bonchev–Trinajstić information content (AvgIpc) is 2.77. The van der Waals surface area contributed by atoms with Crippen LogP contribution in [0.1, 0.15) is 42.5 Å². The molecule has 100 valence electrons. The van der Waals surface area contributed by atoms with E-state index in [1.807, 2.05) is 0 Å². The number of amides is 2. The van der Waals surface area contributed by atoms with Crippen molar-refractivity contribution in [3.05, 3.63) is 17.0 Å². The molecule has 0 saturated carbocycles. The minimum Gasteiger partial charge on any atom is -0.366 e. The zero-order valence-electron chi connectivity index (χ0n) is 10.3. The first-order valence-corrected chi connectivity index (χ1v) is 6.90. The molecule has 5 N–H and O–H groups in total. The number of rotatable bonds is 8. The quantitative estimate of drug-likeness (QED) is 0.626. The second-order valence-corrected chi connectivity index (χ2v) is 4.94. The van der Waals surface area contributed by atoms with Gasteiger partial charge in [0.1, 0.15) is 5.00 Å². The average molecular weight is 269 g/mol. The molecule has 1 rings (SSSR count). The summed E-state index contributed by atoms with van der Waals surface area (Å²) in [5, 5.41) is 4.99. The summed E-state index contributed by atoms with van der Waals surface area (Å²) in [6.07, 6.45) is 4.34. The lowest BCUT2D eigenvalue weighted by molar-refractivity contribution is -0.116. The van der Waals surface area contributed by atoms with Gasteiger partial charge in [0.05, 0.1) is 5.56 Å². The Morgan fingerprint density at radius 1 is 1.22 bits per heavy atom. The third-order valence-corrected chi connectivity index (χ3v) is 3.37. The van der Waals surface area contributed by atoms with Crippen molar-refractivity contribution in [2.45, 2.75) is 32.1 Å². The fourth-order valence-corrected chi connectivity index (χ4v) is 2.38. The molecule has 0 aromatic carbocycles. The number of primary amides is 1. The van der Waals surface area contributed by atoms with Crippen molar-refractivity contribution in [3.8, 4) is 0 Å². The maximum atomic E-state index is 11.6. The monoisotopic (exact) mass is 269 g/mol. The maximum absolute atomic E-state index is 11.6. The highest BCUT2D eigenvalue weighted by Gasteiger charge is 2.11. The number of nitrogens with one attached hydrogen (secondary N) is 1. The van der Waals surface area contributed by atoms with E-state index in [9.17, 15) is 9.59 Å². The molecule has 0 saturated heterocycles. The van der Waals surface area contributed by atoms with E-state index in [1.54, 1.807) is 11.4 Å². The van der Waals surface area contributed by atoms with Crippen LogP contribution >= 0.6 is 11.3 Å². The van der Waals surface area contributed by atoms with Gasteiger partial charge < -0.3 is 16.8 Å². The summed E-state index contributed by atoms with van der Waals surface area (Å²) in [7, 11) is 0. The second kappa shape index (κ2) is 7.84. The zero-order chi connectivity index (χ0) is 13.4. The van der Waals surface area contributed by atoms with Crippen LogP contribution in [0.3, 0.4) is 0 Å². The summed E-state index contributed by atoms with van der Waals surface area (Å²) in [6, 6.07) is 1.61. The summed E-state index contributed by atoms with van der Waals surface area (Å²) in [5.74, 6) is -0.595. The van der Waals surface area contributed by atoms with Gasteiger partial charge in [0.25, 0.3) is 5.91 Å². The number of carbonyl (C=O) groups is 2. The first-order valence-electron chi connectivity index (χ1n) is 6.02. The molecule has 0 aliphatic rings. The van der Waals surface area contributed by atoms with Crippen molar-refractivity contribution in [1.29, 1.82) is 0 Å². The smallest absolute Gasteiger partial charge is 0.251 e. The van der Waals surface area contributed by atoms with Crippen LogP contribution in [0, 0.1) is 0 Å². The fraction of sp³-hybridized carbons (Fsp3) is 0.500. The Morgan fingerprint density at radius 3 is 2.61 bits per heavy atom. The van der Waals surface area contributed by atoms with Crippen LogP contribution in [-0.2, 0) is 4.79 Å². The van der Waals surface area contributed by atoms with Crippen molar-refractivity contribution in [1.82, 2.24) is 0 Å². The predicted octanol–water partition coefficient (Wildman–Crippen LogP) is 1.69. The number of anilines is 1. The van der Waals surface area contributed by atoms with Crippen LogP contribution in [0.2, 0.25) is 0 Å². The number of unbranched alkanes of at least 4 members (excludes halogenated alkanes) is 3. The minimum atomic E-state index is -0.519. The van der Waals surface area contributed by atoms with Gasteiger partial charge in [0.15, 0.2) is 0 Å². The molecule has 0 bridgehead atoms. The third kappa shape index (κ3) is 4.85. The lowest BCUT2D eigenvalue weighted by Crippen LogP contribution is -2.16. The van der Waals surface area contributed by atoms with E-state index in [0.717, 1.165) is 25.7 Å². The van der Waals surface area contributed by atoms with Gasteiger partial charge in [-0.05, 0) is 30.8 Å². The molecule has 18 heavy (non-hydrogen) atoms. The van der Waals surface area contributed by atoms with Gasteiger partial charge in [-0.3, -0.25) is 9.59 Å². The van der Waals surface area contributed by atoms with E-state index in [0.29, 0.717) is 23.5 Å². The van der Waals surface area contributed by atoms with Crippen LogP contribution in [0.4, 0.5) is 5.00 Å². The van der Waals surface area contributed by atoms with E-state index in [1.165, 1.54) is 11.3 Å². The molecular formula is C12H19N3O2S. The zero-order valence-corrected chi connectivity index (χ0v) is 11.1. The lowest BCUT2D eigenvalue weighted by Gasteiger charge is -2.04. The minimum absolute atomic E-state index is 0.0762. The van der Waals surface area contributed by atoms with E-state index >= 15 is 0 Å². The van der Waals surface area contributed by atoms with Crippen molar-refractivity contribution >= 4 is 28.2 Å².